The molecule has 2 aromatic carbocycles. The van der Waals surface area contributed by atoms with Crippen molar-refractivity contribution in [2.24, 2.45) is 0 Å². The Bertz CT molecular complexity index is 651. The van der Waals surface area contributed by atoms with Crippen LogP contribution in [-0.2, 0) is 4.79 Å². The highest BCUT2D eigenvalue weighted by atomic mass is 35.5. The number of carbonyl (C=O) groups is 1. The normalized spacial score (nSPS) is 12.0. The van der Waals surface area contributed by atoms with Gasteiger partial charge >= 0.3 is 5.97 Å². The predicted molar refractivity (Wildman–Crippen MR) is 81.6 cm³/mol. The molecule has 21 heavy (non-hydrogen) atoms. The molecule has 2 rings (SSSR count). The van der Waals surface area contributed by atoms with Gasteiger partial charge in [-0.05, 0) is 54.4 Å². The first-order valence-electron chi connectivity index (χ1n) is 6.07. The number of rotatable bonds is 4. The maximum atomic E-state index is 13.4. The number of anilines is 1. The molecule has 0 aromatic heterocycles. The highest BCUT2D eigenvalue weighted by Gasteiger charge is 2.21. The van der Waals surface area contributed by atoms with Crippen molar-refractivity contribution in [3.63, 3.8) is 0 Å². The number of hydrogen-bond acceptors (Lipinski definition) is 2. The molecule has 0 aliphatic carbocycles. The van der Waals surface area contributed by atoms with E-state index in [9.17, 15) is 14.3 Å². The molecule has 0 bridgehead atoms. The quantitative estimate of drug-likeness (QED) is 0.857. The number of aliphatic carboxylic acids is 1. The molecule has 1 atom stereocenters. The Hall–Kier alpha value is -1.78. The summed E-state index contributed by atoms with van der Waals surface area (Å²) in [5.41, 5.74) is 1.45. The number of carboxylic acid groups (broad SMARTS) is 1. The fourth-order valence-corrected chi connectivity index (χ4v) is 2.56. The van der Waals surface area contributed by atoms with E-state index in [0.717, 1.165) is 0 Å². The first-order chi connectivity index (χ1) is 9.85. The van der Waals surface area contributed by atoms with E-state index in [1.54, 1.807) is 13.0 Å². The Balaban J connectivity index is 2.37. The highest BCUT2D eigenvalue weighted by molar-refractivity contribution is 6.34. The van der Waals surface area contributed by atoms with Gasteiger partial charge in [-0.1, -0.05) is 23.2 Å². The number of carboxylic acids is 1. The molecule has 2 aromatic rings. The first-order valence-corrected chi connectivity index (χ1v) is 6.83. The molecule has 0 aliphatic heterocycles. The van der Waals surface area contributed by atoms with Crippen molar-refractivity contribution in [3.05, 3.63) is 63.4 Å². The topological polar surface area (TPSA) is 49.3 Å². The molecular weight excluding hydrogens is 316 g/mol. The van der Waals surface area contributed by atoms with Crippen LogP contribution < -0.4 is 5.32 Å². The summed E-state index contributed by atoms with van der Waals surface area (Å²) >= 11 is 11.8. The van der Waals surface area contributed by atoms with Gasteiger partial charge in [0.2, 0.25) is 0 Å². The minimum atomic E-state index is -1.12. The van der Waals surface area contributed by atoms with Crippen molar-refractivity contribution < 1.29 is 14.3 Å². The van der Waals surface area contributed by atoms with Crippen LogP contribution in [0.3, 0.4) is 0 Å². The second kappa shape index (κ2) is 6.33. The molecule has 2 N–H and O–H groups in total. The minimum absolute atomic E-state index is 0.334. The van der Waals surface area contributed by atoms with Gasteiger partial charge < -0.3 is 10.4 Å². The van der Waals surface area contributed by atoms with Gasteiger partial charge in [0.1, 0.15) is 5.82 Å². The average Bonchev–Trinajstić information content (AvgIpc) is 2.33. The molecule has 0 fully saturated rings. The van der Waals surface area contributed by atoms with Crippen LogP contribution in [0.2, 0.25) is 10.0 Å². The standard InChI is InChI=1S/C15H12Cl2FNO2/c1-8-2-12(18)7-13(3-8)19-14(15(20)21)9-4-10(16)6-11(17)5-9/h2-7,14,19H,1H3,(H,20,21). The van der Waals surface area contributed by atoms with E-state index >= 15 is 0 Å². The number of hydrogen-bond donors (Lipinski definition) is 2. The molecule has 0 saturated heterocycles. The fraction of sp³-hybridized carbons (Fsp3) is 0.133. The summed E-state index contributed by atoms with van der Waals surface area (Å²) < 4.78 is 13.4. The molecule has 0 radical (unpaired) electrons. The van der Waals surface area contributed by atoms with Crippen molar-refractivity contribution in [2.75, 3.05) is 5.32 Å². The fourth-order valence-electron chi connectivity index (χ4n) is 2.02. The first kappa shape index (κ1) is 15.6. The summed E-state index contributed by atoms with van der Waals surface area (Å²) in [6, 6.07) is 7.69. The van der Waals surface area contributed by atoms with Gasteiger partial charge in [0, 0.05) is 15.7 Å². The van der Waals surface area contributed by atoms with E-state index in [4.69, 9.17) is 23.2 Å². The summed E-state index contributed by atoms with van der Waals surface area (Å²) in [6.45, 7) is 1.72. The Morgan fingerprint density at radius 1 is 1.14 bits per heavy atom. The lowest BCUT2D eigenvalue weighted by molar-refractivity contribution is -0.138. The monoisotopic (exact) mass is 327 g/mol. The lowest BCUT2D eigenvalue weighted by atomic mass is 10.1. The second-order valence-electron chi connectivity index (χ2n) is 4.64. The third-order valence-electron chi connectivity index (χ3n) is 2.82. The smallest absolute Gasteiger partial charge is 0.330 e. The summed E-state index contributed by atoms with van der Waals surface area (Å²) in [5.74, 6) is -1.55. The lowest BCUT2D eigenvalue weighted by Gasteiger charge is -2.17. The van der Waals surface area contributed by atoms with Gasteiger partial charge in [0.25, 0.3) is 0 Å². The zero-order valence-corrected chi connectivity index (χ0v) is 12.5. The Kier molecular flexibility index (Phi) is 4.70. The Labute approximate surface area is 131 Å². The molecular formula is C15H12Cl2FNO2. The van der Waals surface area contributed by atoms with Gasteiger partial charge in [-0.25, -0.2) is 9.18 Å². The molecule has 0 saturated carbocycles. The molecule has 0 spiro atoms. The van der Waals surface area contributed by atoms with E-state index in [0.29, 0.717) is 26.9 Å². The molecule has 3 nitrogen and oxygen atoms in total. The van der Waals surface area contributed by atoms with Crippen LogP contribution in [-0.4, -0.2) is 11.1 Å². The van der Waals surface area contributed by atoms with Gasteiger partial charge in [-0.3, -0.25) is 0 Å². The van der Waals surface area contributed by atoms with Crippen molar-refractivity contribution in [2.45, 2.75) is 13.0 Å². The Morgan fingerprint density at radius 2 is 1.76 bits per heavy atom. The Morgan fingerprint density at radius 3 is 2.29 bits per heavy atom. The number of halogens is 3. The van der Waals surface area contributed by atoms with Crippen LogP contribution in [0.5, 0.6) is 0 Å². The van der Waals surface area contributed by atoms with E-state index in [-0.39, 0.29) is 0 Å². The third-order valence-corrected chi connectivity index (χ3v) is 3.25. The summed E-state index contributed by atoms with van der Waals surface area (Å²) in [7, 11) is 0. The second-order valence-corrected chi connectivity index (χ2v) is 5.51. The maximum absolute atomic E-state index is 13.4. The number of benzene rings is 2. The van der Waals surface area contributed by atoms with E-state index in [1.807, 2.05) is 0 Å². The van der Waals surface area contributed by atoms with Crippen LogP contribution in [0.1, 0.15) is 17.2 Å². The van der Waals surface area contributed by atoms with Gasteiger partial charge in [-0.2, -0.15) is 0 Å². The molecule has 1 unspecified atom stereocenters. The van der Waals surface area contributed by atoms with Crippen molar-refractivity contribution >= 4 is 34.9 Å². The van der Waals surface area contributed by atoms with Gasteiger partial charge in [-0.15, -0.1) is 0 Å². The van der Waals surface area contributed by atoms with E-state index < -0.39 is 17.8 Å². The van der Waals surface area contributed by atoms with Crippen LogP contribution in [0.25, 0.3) is 0 Å². The summed E-state index contributed by atoms with van der Waals surface area (Å²) in [4.78, 5) is 11.5. The van der Waals surface area contributed by atoms with Crippen molar-refractivity contribution in [1.29, 1.82) is 0 Å². The maximum Gasteiger partial charge on any atom is 0.330 e. The van der Waals surface area contributed by atoms with Gasteiger partial charge in [0.15, 0.2) is 6.04 Å². The predicted octanol–water partition coefficient (Wildman–Crippen LogP) is 4.68. The summed E-state index contributed by atoms with van der Waals surface area (Å²) in [5, 5.41) is 12.8. The molecule has 0 heterocycles. The molecule has 0 amide bonds. The highest BCUT2D eigenvalue weighted by Crippen LogP contribution is 2.27. The largest absolute Gasteiger partial charge is 0.479 e. The van der Waals surface area contributed by atoms with E-state index in [2.05, 4.69) is 5.32 Å². The van der Waals surface area contributed by atoms with Crippen LogP contribution >= 0.6 is 23.2 Å². The zero-order valence-electron chi connectivity index (χ0n) is 11.0. The average molecular weight is 328 g/mol. The minimum Gasteiger partial charge on any atom is -0.479 e. The summed E-state index contributed by atoms with van der Waals surface area (Å²) in [6.07, 6.45) is 0. The SMILES string of the molecule is Cc1cc(F)cc(NC(C(=O)O)c2cc(Cl)cc(Cl)c2)c1. The van der Waals surface area contributed by atoms with Gasteiger partial charge in [0.05, 0.1) is 0 Å². The molecule has 0 aliphatic rings. The number of aryl methyl sites for hydroxylation is 1. The zero-order chi connectivity index (χ0) is 15.6. The van der Waals surface area contributed by atoms with E-state index in [1.165, 1.54) is 30.3 Å². The van der Waals surface area contributed by atoms with Crippen molar-refractivity contribution in [1.82, 2.24) is 0 Å². The van der Waals surface area contributed by atoms with Crippen molar-refractivity contribution in [3.8, 4) is 0 Å². The number of nitrogens with one attached hydrogen (secondary N) is 1. The van der Waals surface area contributed by atoms with Crippen LogP contribution in [0, 0.1) is 12.7 Å². The van der Waals surface area contributed by atoms with Crippen LogP contribution in [0.4, 0.5) is 10.1 Å². The third kappa shape index (κ3) is 4.09. The molecule has 6 heteroatoms. The lowest BCUT2D eigenvalue weighted by Crippen LogP contribution is -2.20. The van der Waals surface area contributed by atoms with Crippen LogP contribution in [0.15, 0.2) is 36.4 Å². The molecule has 110 valence electrons.